The molecule has 33 heavy (non-hydrogen) atoms. The largest absolute Gasteiger partial charge is 0.493 e. The molecule has 9 heteroatoms. The molecule has 1 amide bonds. The van der Waals surface area contributed by atoms with Crippen LogP contribution in [0.15, 0.2) is 41.4 Å². The molecule has 0 aromatic heterocycles. The summed E-state index contributed by atoms with van der Waals surface area (Å²) in [7, 11) is 6.46. The van der Waals surface area contributed by atoms with Crippen LogP contribution >= 0.6 is 24.0 Å². The Labute approximate surface area is 213 Å². The first kappa shape index (κ1) is 28.3. The molecule has 0 aliphatic heterocycles. The number of carbonyl (C=O) groups excluding carboxylic acids is 1. The molecule has 3 N–H and O–H groups in total. The van der Waals surface area contributed by atoms with Gasteiger partial charge in [0.05, 0.1) is 21.3 Å². The second kappa shape index (κ2) is 14.5. The number of aliphatic imine (C=N–C) groups is 1. The van der Waals surface area contributed by atoms with Crippen molar-refractivity contribution in [3.63, 3.8) is 0 Å². The number of nitrogens with zero attached hydrogens (tertiary/aromatic N) is 1. The maximum absolute atomic E-state index is 12.4. The first-order valence-corrected chi connectivity index (χ1v) is 10.6. The summed E-state index contributed by atoms with van der Waals surface area (Å²) in [5, 5.41) is 9.54. The summed E-state index contributed by atoms with van der Waals surface area (Å²) in [6.45, 7) is 5.07. The smallest absolute Gasteiger partial charge is 0.251 e. The molecule has 0 aliphatic rings. The molecule has 0 bridgehead atoms. The van der Waals surface area contributed by atoms with Gasteiger partial charge in [0.25, 0.3) is 5.91 Å². The average Bonchev–Trinajstić information content (AvgIpc) is 2.83. The predicted molar refractivity (Wildman–Crippen MR) is 142 cm³/mol. The van der Waals surface area contributed by atoms with Gasteiger partial charge < -0.3 is 30.2 Å². The Morgan fingerprint density at radius 1 is 0.970 bits per heavy atom. The van der Waals surface area contributed by atoms with E-state index in [1.807, 2.05) is 50.2 Å². The van der Waals surface area contributed by atoms with Crippen molar-refractivity contribution in [3.05, 3.63) is 53.1 Å². The monoisotopic (exact) mass is 570 g/mol. The standard InChI is InChI=1S/C24H34N4O4.HI/c1-7-16(2)28-23(29)19-10-8-9-17(11-19)14-26-24(25-3)27-15-18-12-20(30-4)22(32-6)21(13-18)31-5;/h8-13,16H,7,14-15H2,1-6H3,(H,28,29)(H2,25,26,27);1H. The molecule has 182 valence electrons. The highest BCUT2D eigenvalue weighted by Crippen LogP contribution is 2.38. The molecule has 0 saturated carbocycles. The molecule has 0 aliphatic carbocycles. The molecular weight excluding hydrogens is 535 g/mol. The van der Waals surface area contributed by atoms with Crippen molar-refractivity contribution in [2.75, 3.05) is 28.4 Å². The van der Waals surface area contributed by atoms with Gasteiger partial charge in [0.2, 0.25) is 5.75 Å². The Morgan fingerprint density at radius 3 is 2.09 bits per heavy atom. The number of amides is 1. The van der Waals surface area contributed by atoms with Crippen molar-refractivity contribution in [2.45, 2.75) is 39.4 Å². The SMILES string of the molecule is CCC(C)NC(=O)c1cccc(CNC(=NC)NCc2cc(OC)c(OC)c(OC)c2)c1.I. The Hall–Kier alpha value is -2.69. The van der Waals surface area contributed by atoms with Crippen LogP contribution in [0.5, 0.6) is 17.2 Å². The molecule has 8 nitrogen and oxygen atoms in total. The van der Waals surface area contributed by atoms with Crippen LogP contribution in [-0.4, -0.2) is 46.3 Å². The molecule has 0 fully saturated rings. The van der Waals surface area contributed by atoms with Crippen LogP contribution in [0.1, 0.15) is 41.8 Å². The van der Waals surface area contributed by atoms with Crippen LogP contribution in [0.3, 0.4) is 0 Å². The minimum atomic E-state index is -0.0638. The van der Waals surface area contributed by atoms with Crippen molar-refractivity contribution < 1.29 is 19.0 Å². The molecule has 1 unspecified atom stereocenters. The van der Waals surface area contributed by atoms with Gasteiger partial charge in [-0.25, -0.2) is 0 Å². The van der Waals surface area contributed by atoms with Crippen LogP contribution in [0.25, 0.3) is 0 Å². The fourth-order valence-electron chi connectivity index (χ4n) is 3.06. The van der Waals surface area contributed by atoms with Gasteiger partial charge >= 0.3 is 0 Å². The Kier molecular flexibility index (Phi) is 12.4. The fraction of sp³-hybridized carbons (Fsp3) is 0.417. The van der Waals surface area contributed by atoms with E-state index in [1.165, 1.54) is 0 Å². The Bertz CT molecular complexity index is 911. The molecule has 1 atom stereocenters. The van der Waals surface area contributed by atoms with E-state index in [-0.39, 0.29) is 35.9 Å². The van der Waals surface area contributed by atoms with Crippen molar-refractivity contribution in [3.8, 4) is 17.2 Å². The summed E-state index contributed by atoms with van der Waals surface area (Å²) in [5.41, 5.74) is 2.58. The molecular formula is C24H35IN4O4. The predicted octanol–water partition coefficient (Wildman–Crippen LogP) is 3.72. The number of ether oxygens (including phenoxy) is 3. The normalized spacial score (nSPS) is 11.6. The highest BCUT2D eigenvalue weighted by molar-refractivity contribution is 14.0. The molecule has 2 rings (SSSR count). The van der Waals surface area contributed by atoms with Crippen molar-refractivity contribution in [1.29, 1.82) is 0 Å². The number of halogens is 1. The highest BCUT2D eigenvalue weighted by atomic mass is 127. The third-order valence-corrected chi connectivity index (χ3v) is 5.05. The summed E-state index contributed by atoms with van der Waals surface area (Å²) < 4.78 is 16.2. The van der Waals surface area contributed by atoms with Gasteiger partial charge in [0, 0.05) is 31.7 Å². The van der Waals surface area contributed by atoms with E-state index in [1.54, 1.807) is 28.4 Å². The molecule has 0 spiro atoms. The molecule has 2 aromatic rings. The second-order valence-corrected chi connectivity index (χ2v) is 7.30. The van der Waals surface area contributed by atoms with E-state index in [2.05, 4.69) is 20.9 Å². The minimum Gasteiger partial charge on any atom is -0.493 e. The number of carbonyl (C=O) groups is 1. The summed E-state index contributed by atoms with van der Waals surface area (Å²) >= 11 is 0. The van der Waals surface area contributed by atoms with E-state index in [4.69, 9.17) is 14.2 Å². The Morgan fingerprint density at radius 2 is 1.58 bits per heavy atom. The third kappa shape index (κ3) is 8.30. The molecule has 0 saturated heterocycles. The molecule has 2 aromatic carbocycles. The van der Waals surface area contributed by atoms with Crippen LogP contribution in [0, 0.1) is 0 Å². The van der Waals surface area contributed by atoms with Gasteiger partial charge in [-0.2, -0.15) is 0 Å². The van der Waals surface area contributed by atoms with Crippen LogP contribution in [-0.2, 0) is 13.1 Å². The second-order valence-electron chi connectivity index (χ2n) is 7.30. The van der Waals surface area contributed by atoms with Crippen molar-refractivity contribution >= 4 is 35.8 Å². The van der Waals surface area contributed by atoms with E-state index in [9.17, 15) is 4.79 Å². The number of hydrogen-bond acceptors (Lipinski definition) is 5. The number of rotatable bonds is 10. The Balaban J connectivity index is 0.00000544. The summed E-state index contributed by atoms with van der Waals surface area (Å²) in [6.07, 6.45) is 0.890. The summed E-state index contributed by atoms with van der Waals surface area (Å²) in [4.78, 5) is 16.6. The molecule has 0 heterocycles. The van der Waals surface area contributed by atoms with E-state index >= 15 is 0 Å². The van der Waals surface area contributed by atoms with Gasteiger partial charge in [0.1, 0.15) is 0 Å². The van der Waals surface area contributed by atoms with Crippen molar-refractivity contribution in [1.82, 2.24) is 16.0 Å². The number of hydrogen-bond donors (Lipinski definition) is 3. The number of nitrogens with one attached hydrogen (secondary N) is 3. The van der Waals surface area contributed by atoms with Gasteiger partial charge in [-0.05, 0) is 48.7 Å². The zero-order chi connectivity index (χ0) is 23.5. The zero-order valence-corrected chi connectivity index (χ0v) is 22.5. The number of methoxy groups -OCH3 is 3. The lowest BCUT2D eigenvalue weighted by atomic mass is 10.1. The quantitative estimate of drug-likeness (QED) is 0.229. The lowest BCUT2D eigenvalue weighted by Gasteiger charge is -2.16. The first-order chi connectivity index (χ1) is 15.4. The van der Waals surface area contributed by atoms with Gasteiger partial charge in [-0.1, -0.05) is 19.1 Å². The summed E-state index contributed by atoms with van der Waals surface area (Å²) in [5.74, 6) is 2.32. The van der Waals surface area contributed by atoms with Crippen LogP contribution in [0.4, 0.5) is 0 Å². The van der Waals surface area contributed by atoms with E-state index in [0.29, 0.717) is 41.9 Å². The summed E-state index contributed by atoms with van der Waals surface area (Å²) in [6, 6.07) is 11.5. The number of benzene rings is 2. The van der Waals surface area contributed by atoms with Gasteiger partial charge in [-0.3, -0.25) is 9.79 Å². The maximum Gasteiger partial charge on any atom is 0.251 e. The van der Waals surface area contributed by atoms with E-state index in [0.717, 1.165) is 17.5 Å². The maximum atomic E-state index is 12.4. The van der Waals surface area contributed by atoms with Crippen molar-refractivity contribution in [2.24, 2.45) is 4.99 Å². The van der Waals surface area contributed by atoms with E-state index < -0.39 is 0 Å². The first-order valence-electron chi connectivity index (χ1n) is 10.6. The average molecular weight is 570 g/mol. The number of guanidine groups is 1. The van der Waals surface area contributed by atoms with Crippen LogP contribution < -0.4 is 30.2 Å². The third-order valence-electron chi connectivity index (χ3n) is 5.05. The topological polar surface area (TPSA) is 93.2 Å². The van der Waals surface area contributed by atoms with Gasteiger partial charge in [-0.15, -0.1) is 24.0 Å². The minimum absolute atomic E-state index is 0. The zero-order valence-electron chi connectivity index (χ0n) is 20.2. The fourth-order valence-corrected chi connectivity index (χ4v) is 3.06. The van der Waals surface area contributed by atoms with Crippen LogP contribution in [0.2, 0.25) is 0 Å². The van der Waals surface area contributed by atoms with Gasteiger partial charge in [0.15, 0.2) is 17.5 Å². The highest BCUT2D eigenvalue weighted by Gasteiger charge is 2.13. The molecule has 0 radical (unpaired) electrons. The lowest BCUT2D eigenvalue weighted by molar-refractivity contribution is 0.0939. The lowest BCUT2D eigenvalue weighted by Crippen LogP contribution is -2.36.